The summed E-state index contributed by atoms with van der Waals surface area (Å²) >= 11 is 3.70. The summed E-state index contributed by atoms with van der Waals surface area (Å²) in [6.07, 6.45) is 2.61. The van der Waals surface area contributed by atoms with Gasteiger partial charge in [0.1, 0.15) is 0 Å². The zero-order chi connectivity index (χ0) is 13.9. The van der Waals surface area contributed by atoms with E-state index in [1.165, 1.54) is 18.4 Å². The maximum absolute atomic E-state index is 5.85. The highest BCUT2D eigenvalue weighted by Crippen LogP contribution is 2.67. The Hall–Kier alpha value is -0.340. The van der Waals surface area contributed by atoms with Gasteiger partial charge in [-0.25, -0.2) is 0 Å². The second kappa shape index (κ2) is 5.97. The maximum Gasteiger partial charge on any atom is 0.0717 e. The first kappa shape index (κ1) is 15.1. The number of rotatable bonds is 7. The van der Waals surface area contributed by atoms with Crippen LogP contribution in [0.5, 0.6) is 0 Å². The summed E-state index contributed by atoms with van der Waals surface area (Å²) < 4.78 is 5.85. The number of halogens is 1. The van der Waals surface area contributed by atoms with Gasteiger partial charge in [0.05, 0.1) is 6.61 Å². The molecule has 0 amide bonds. The zero-order valence-corrected chi connectivity index (χ0v) is 13.9. The quantitative estimate of drug-likeness (QED) is 0.638. The van der Waals surface area contributed by atoms with Crippen LogP contribution < -0.4 is 0 Å². The summed E-state index contributed by atoms with van der Waals surface area (Å²) in [6.45, 7) is 8.66. The summed E-state index contributed by atoms with van der Waals surface area (Å²) in [7, 11) is 0. The lowest BCUT2D eigenvalue weighted by molar-refractivity contribution is 0.0812. The average molecular weight is 325 g/mol. The van der Waals surface area contributed by atoms with E-state index in [2.05, 4.69) is 61.0 Å². The Morgan fingerprint density at radius 2 is 1.89 bits per heavy atom. The summed E-state index contributed by atoms with van der Waals surface area (Å²) in [5, 5.41) is 1.12. The number of hydrogen-bond acceptors (Lipinski definition) is 1. The molecule has 2 unspecified atom stereocenters. The molecule has 19 heavy (non-hydrogen) atoms. The van der Waals surface area contributed by atoms with E-state index in [-0.39, 0.29) is 0 Å². The molecule has 0 aliphatic heterocycles. The molecule has 1 aliphatic carbocycles. The topological polar surface area (TPSA) is 9.23 Å². The molecule has 0 N–H and O–H groups in total. The van der Waals surface area contributed by atoms with Gasteiger partial charge in [-0.05, 0) is 35.2 Å². The van der Waals surface area contributed by atoms with Crippen LogP contribution in [0, 0.1) is 16.7 Å². The molecule has 1 aromatic carbocycles. The van der Waals surface area contributed by atoms with E-state index >= 15 is 0 Å². The van der Waals surface area contributed by atoms with E-state index in [0.29, 0.717) is 16.7 Å². The minimum atomic E-state index is 0.503. The van der Waals surface area contributed by atoms with Gasteiger partial charge in [-0.3, -0.25) is 0 Å². The Morgan fingerprint density at radius 3 is 2.42 bits per heavy atom. The molecule has 1 aliphatic rings. The second-order valence-electron chi connectivity index (χ2n) is 6.78. The lowest BCUT2D eigenvalue weighted by Crippen LogP contribution is -2.18. The highest BCUT2D eigenvalue weighted by atomic mass is 79.9. The molecule has 106 valence electrons. The Morgan fingerprint density at radius 1 is 1.26 bits per heavy atom. The normalized spacial score (nSPS) is 26.1. The smallest absolute Gasteiger partial charge is 0.0717 e. The molecule has 0 spiro atoms. The van der Waals surface area contributed by atoms with E-state index in [1.54, 1.807) is 0 Å². The van der Waals surface area contributed by atoms with Crippen molar-refractivity contribution in [2.45, 2.75) is 40.2 Å². The highest BCUT2D eigenvalue weighted by Gasteiger charge is 2.59. The van der Waals surface area contributed by atoms with E-state index in [1.807, 2.05) is 6.07 Å². The summed E-state index contributed by atoms with van der Waals surface area (Å²) in [5.41, 5.74) is 2.27. The third-order valence-electron chi connectivity index (χ3n) is 4.60. The first-order valence-corrected chi connectivity index (χ1v) is 8.29. The van der Waals surface area contributed by atoms with Crippen molar-refractivity contribution in [3.05, 3.63) is 35.9 Å². The molecule has 2 atom stereocenters. The van der Waals surface area contributed by atoms with Crippen molar-refractivity contribution >= 4 is 15.9 Å². The van der Waals surface area contributed by atoms with Gasteiger partial charge in [0.15, 0.2) is 0 Å². The van der Waals surface area contributed by atoms with Crippen LogP contribution in [0.15, 0.2) is 30.3 Å². The first-order valence-electron chi connectivity index (χ1n) is 7.17. The van der Waals surface area contributed by atoms with Crippen LogP contribution in [0.2, 0.25) is 0 Å². The molecule has 0 saturated heterocycles. The molecule has 0 heterocycles. The summed E-state index contributed by atoms with van der Waals surface area (Å²) in [4.78, 5) is 0. The van der Waals surface area contributed by atoms with Crippen LogP contribution in [0.3, 0.4) is 0 Å². The Balaban J connectivity index is 1.72. The molecule has 2 heteroatoms. The Bertz CT molecular complexity index is 401. The SMILES string of the molecule is CC(COCc1ccccc1)CC1(CBr)CC1(C)C. The zero-order valence-electron chi connectivity index (χ0n) is 12.3. The molecule has 1 fully saturated rings. The van der Waals surface area contributed by atoms with Crippen LogP contribution in [0.4, 0.5) is 0 Å². The van der Waals surface area contributed by atoms with Crippen molar-refractivity contribution in [1.82, 2.24) is 0 Å². The lowest BCUT2D eigenvalue weighted by atomic mass is 9.88. The number of alkyl halides is 1. The fourth-order valence-electron chi connectivity index (χ4n) is 3.11. The third kappa shape index (κ3) is 3.61. The molecule has 1 saturated carbocycles. The summed E-state index contributed by atoms with van der Waals surface area (Å²) in [6, 6.07) is 10.4. The van der Waals surface area contributed by atoms with Crippen LogP contribution in [-0.4, -0.2) is 11.9 Å². The minimum Gasteiger partial charge on any atom is -0.376 e. The van der Waals surface area contributed by atoms with Gasteiger partial charge in [0.25, 0.3) is 0 Å². The van der Waals surface area contributed by atoms with Crippen LogP contribution in [0.25, 0.3) is 0 Å². The predicted octanol–water partition coefficient (Wildman–Crippen LogP) is 5.04. The van der Waals surface area contributed by atoms with Crippen LogP contribution in [0.1, 0.15) is 39.2 Å². The van der Waals surface area contributed by atoms with Gasteiger partial charge >= 0.3 is 0 Å². The van der Waals surface area contributed by atoms with Gasteiger partial charge in [-0.2, -0.15) is 0 Å². The van der Waals surface area contributed by atoms with Gasteiger partial charge < -0.3 is 4.74 Å². The van der Waals surface area contributed by atoms with Crippen LogP contribution >= 0.6 is 15.9 Å². The molecule has 0 radical (unpaired) electrons. The van der Waals surface area contributed by atoms with Crippen molar-refractivity contribution in [3.63, 3.8) is 0 Å². The molecular formula is C17H25BrO. The number of ether oxygens (including phenoxy) is 1. The molecule has 0 aromatic heterocycles. The van der Waals surface area contributed by atoms with E-state index in [4.69, 9.17) is 4.74 Å². The molecule has 0 bridgehead atoms. The van der Waals surface area contributed by atoms with E-state index in [9.17, 15) is 0 Å². The number of benzene rings is 1. The standard InChI is InChI=1S/C17H25BrO/c1-14(9-17(13-18)12-16(17,2)3)10-19-11-15-7-5-4-6-8-15/h4-8,14H,9-13H2,1-3H3. The Kier molecular flexibility index (Phi) is 4.73. The largest absolute Gasteiger partial charge is 0.376 e. The fourth-order valence-corrected chi connectivity index (χ4v) is 4.30. The summed E-state index contributed by atoms with van der Waals surface area (Å²) in [5.74, 6) is 0.628. The van der Waals surface area contributed by atoms with Crippen molar-refractivity contribution < 1.29 is 4.74 Å². The fraction of sp³-hybridized carbons (Fsp3) is 0.647. The number of hydrogen-bond donors (Lipinski definition) is 0. The second-order valence-corrected chi connectivity index (χ2v) is 7.35. The van der Waals surface area contributed by atoms with E-state index in [0.717, 1.165) is 18.5 Å². The van der Waals surface area contributed by atoms with Gasteiger partial charge in [-0.1, -0.05) is 67.0 Å². The average Bonchev–Trinajstić information content (AvgIpc) is 2.92. The van der Waals surface area contributed by atoms with E-state index < -0.39 is 0 Å². The highest BCUT2D eigenvalue weighted by molar-refractivity contribution is 9.09. The molecule has 1 nitrogen and oxygen atoms in total. The van der Waals surface area contributed by atoms with Crippen molar-refractivity contribution in [2.24, 2.45) is 16.7 Å². The Labute approximate surface area is 125 Å². The molecule has 1 aromatic rings. The monoisotopic (exact) mass is 324 g/mol. The third-order valence-corrected chi connectivity index (χ3v) is 5.67. The van der Waals surface area contributed by atoms with Crippen LogP contribution in [-0.2, 0) is 11.3 Å². The first-order chi connectivity index (χ1) is 8.99. The van der Waals surface area contributed by atoms with Gasteiger partial charge in [0.2, 0.25) is 0 Å². The molecule has 2 rings (SSSR count). The maximum atomic E-state index is 5.85. The van der Waals surface area contributed by atoms with Gasteiger partial charge in [0, 0.05) is 11.9 Å². The predicted molar refractivity (Wildman–Crippen MR) is 84.5 cm³/mol. The van der Waals surface area contributed by atoms with Gasteiger partial charge in [-0.15, -0.1) is 0 Å². The lowest BCUT2D eigenvalue weighted by Gasteiger charge is -2.22. The van der Waals surface area contributed by atoms with Crippen molar-refractivity contribution in [1.29, 1.82) is 0 Å². The molecular weight excluding hydrogens is 300 g/mol. The van der Waals surface area contributed by atoms with Crippen molar-refractivity contribution in [2.75, 3.05) is 11.9 Å². The van der Waals surface area contributed by atoms with Crippen molar-refractivity contribution in [3.8, 4) is 0 Å². The minimum absolute atomic E-state index is 0.503.